The first-order valence-corrected chi connectivity index (χ1v) is 8.19. The number of rotatable bonds is 4. The molecule has 7 heteroatoms. The molecule has 24 heavy (non-hydrogen) atoms. The Morgan fingerprint density at radius 3 is 2.75 bits per heavy atom. The monoisotopic (exact) mass is 331 g/mol. The largest absolute Gasteiger partial charge is 0.467 e. The average molecular weight is 331 g/mol. The molecule has 1 unspecified atom stereocenters. The predicted molar refractivity (Wildman–Crippen MR) is 90.3 cm³/mol. The normalized spacial score (nSPS) is 18.8. The Hall–Kier alpha value is -1.99. The number of hydrogen-bond acceptors (Lipinski definition) is 6. The number of nitrogens with zero attached hydrogens (tertiary/aromatic N) is 5. The lowest BCUT2D eigenvalue weighted by atomic mass is 10.0. The van der Waals surface area contributed by atoms with Crippen LogP contribution in [0.3, 0.4) is 0 Å². The molecule has 2 aromatic rings. The Labute approximate surface area is 142 Å². The van der Waals surface area contributed by atoms with E-state index in [9.17, 15) is 0 Å². The Morgan fingerprint density at radius 1 is 1.29 bits per heavy atom. The van der Waals surface area contributed by atoms with Crippen molar-refractivity contribution in [1.29, 1.82) is 0 Å². The number of aromatic nitrogens is 4. The van der Waals surface area contributed by atoms with Crippen molar-refractivity contribution in [1.82, 2.24) is 24.6 Å². The third-order valence-corrected chi connectivity index (χ3v) is 4.73. The Balaban J connectivity index is 1.89. The summed E-state index contributed by atoms with van der Waals surface area (Å²) in [5.74, 6) is 0. The number of likely N-dealkylation sites (N-methyl/N-ethyl adjacent to an activating group) is 1. The molecular weight excluding hydrogens is 306 g/mol. The number of hydrogen-bond donors (Lipinski definition) is 0. The first kappa shape index (κ1) is 16.9. The molecule has 7 nitrogen and oxygen atoms in total. The van der Waals surface area contributed by atoms with Crippen LogP contribution in [0.2, 0.25) is 0 Å². The molecule has 0 aliphatic carbocycles. The van der Waals surface area contributed by atoms with Crippen molar-refractivity contribution in [3.63, 3.8) is 0 Å². The van der Waals surface area contributed by atoms with E-state index in [0.29, 0.717) is 19.2 Å². The Kier molecular flexibility index (Phi) is 4.82. The van der Waals surface area contributed by atoms with E-state index in [1.807, 2.05) is 17.8 Å². The highest BCUT2D eigenvalue weighted by atomic mass is 16.5. The third kappa shape index (κ3) is 3.14. The predicted octanol–water partition coefficient (Wildman–Crippen LogP) is 1.66. The number of methoxy groups -OCH3 is 1. The van der Waals surface area contributed by atoms with E-state index >= 15 is 0 Å². The van der Waals surface area contributed by atoms with E-state index in [0.717, 1.165) is 30.1 Å². The van der Waals surface area contributed by atoms with E-state index in [1.54, 1.807) is 7.11 Å². The smallest absolute Gasteiger partial charge is 0.316 e. The van der Waals surface area contributed by atoms with Crippen molar-refractivity contribution in [3.8, 4) is 6.01 Å². The highest BCUT2D eigenvalue weighted by molar-refractivity contribution is 5.30. The molecular formula is C17H25N5O2. The van der Waals surface area contributed by atoms with Crippen LogP contribution in [0.4, 0.5) is 0 Å². The first-order valence-electron chi connectivity index (χ1n) is 8.19. The van der Waals surface area contributed by atoms with Gasteiger partial charge in [0.25, 0.3) is 0 Å². The van der Waals surface area contributed by atoms with E-state index in [1.165, 1.54) is 11.3 Å². The zero-order valence-electron chi connectivity index (χ0n) is 15.0. The third-order valence-electron chi connectivity index (χ3n) is 4.73. The van der Waals surface area contributed by atoms with Crippen molar-refractivity contribution >= 4 is 0 Å². The van der Waals surface area contributed by atoms with Gasteiger partial charge in [-0.1, -0.05) is 0 Å². The van der Waals surface area contributed by atoms with Crippen LogP contribution in [0.15, 0.2) is 6.20 Å². The minimum Gasteiger partial charge on any atom is -0.467 e. The average Bonchev–Trinajstić information content (AvgIpc) is 2.84. The molecule has 130 valence electrons. The number of ether oxygens (including phenoxy) is 2. The Bertz CT molecular complexity index is 728. The zero-order chi connectivity index (χ0) is 17.3. The maximum atomic E-state index is 5.68. The summed E-state index contributed by atoms with van der Waals surface area (Å²) in [6, 6.07) is 0.659. The molecule has 0 saturated carbocycles. The van der Waals surface area contributed by atoms with Crippen molar-refractivity contribution in [3.05, 3.63) is 34.4 Å². The van der Waals surface area contributed by atoms with Crippen LogP contribution in [-0.4, -0.2) is 58.6 Å². The van der Waals surface area contributed by atoms with Gasteiger partial charge in [0.2, 0.25) is 0 Å². The fourth-order valence-corrected chi connectivity index (χ4v) is 3.22. The molecule has 0 bridgehead atoms. The minimum atomic E-state index is 0.265. The van der Waals surface area contributed by atoms with Gasteiger partial charge < -0.3 is 9.47 Å². The topological polar surface area (TPSA) is 65.3 Å². The molecule has 3 rings (SSSR count). The van der Waals surface area contributed by atoms with Gasteiger partial charge in [-0.3, -0.25) is 9.58 Å². The summed E-state index contributed by atoms with van der Waals surface area (Å²) >= 11 is 0. The lowest BCUT2D eigenvalue weighted by Gasteiger charge is -2.32. The lowest BCUT2D eigenvalue weighted by Crippen LogP contribution is -2.37. The lowest BCUT2D eigenvalue weighted by molar-refractivity contribution is 0.00457. The second kappa shape index (κ2) is 6.86. The molecule has 0 aromatic carbocycles. The van der Waals surface area contributed by atoms with Crippen LogP contribution in [-0.2, 0) is 11.3 Å². The Morgan fingerprint density at radius 2 is 2.08 bits per heavy atom. The van der Waals surface area contributed by atoms with Gasteiger partial charge >= 0.3 is 6.01 Å². The fraction of sp³-hybridized carbons (Fsp3) is 0.588. The molecule has 0 radical (unpaired) electrons. The van der Waals surface area contributed by atoms with Crippen LogP contribution in [0.5, 0.6) is 6.01 Å². The summed E-state index contributed by atoms with van der Waals surface area (Å²) in [4.78, 5) is 10.9. The van der Waals surface area contributed by atoms with Crippen LogP contribution in [0.1, 0.15) is 34.3 Å². The van der Waals surface area contributed by atoms with Gasteiger partial charge in [0.15, 0.2) is 0 Å². The summed E-state index contributed by atoms with van der Waals surface area (Å²) < 4.78 is 12.8. The molecule has 0 amide bonds. The van der Waals surface area contributed by atoms with E-state index < -0.39 is 0 Å². The maximum Gasteiger partial charge on any atom is 0.316 e. The maximum absolute atomic E-state index is 5.68. The molecule has 0 spiro atoms. The number of morpholine rings is 1. The number of aryl methyl sites for hydroxylation is 2. The molecule has 2 aromatic heterocycles. The van der Waals surface area contributed by atoms with E-state index in [-0.39, 0.29) is 6.04 Å². The van der Waals surface area contributed by atoms with Crippen molar-refractivity contribution in [2.75, 3.05) is 33.9 Å². The van der Waals surface area contributed by atoms with Crippen molar-refractivity contribution in [2.24, 2.45) is 0 Å². The van der Waals surface area contributed by atoms with Gasteiger partial charge in [0.05, 0.1) is 38.6 Å². The molecule has 1 saturated heterocycles. The van der Waals surface area contributed by atoms with Crippen LogP contribution < -0.4 is 4.74 Å². The van der Waals surface area contributed by atoms with Crippen LogP contribution in [0.25, 0.3) is 0 Å². The quantitative estimate of drug-likeness (QED) is 0.849. The summed E-state index contributed by atoms with van der Waals surface area (Å²) in [6.07, 6.45) is 1.81. The minimum absolute atomic E-state index is 0.265. The molecule has 3 heterocycles. The van der Waals surface area contributed by atoms with Gasteiger partial charge in [-0.2, -0.15) is 5.10 Å². The molecule has 1 atom stereocenters. The van der Waals surface area contributed by atoms with Crippen molar-refractivity contribution < 1.29 is 9.47 Å². The van der Waals surface area contributed by atoms with Gasteiger partial charge in [-0.05, 0) is 27.8 Å². The van der Waals surface area contributed by atoms with Crippen LogP contribution in [0, 0.1) is 20.8 Å². The van der Waals surface area contributed by atoms with Gasteiger partial charge in [0, 0.05) is 35.3 Å². The van der Waals surface area contributed by atoms with Gasteiger partial charge in [-0.15, -0.1) is 0 Å². The fourth-order valence-electron chi connectivity index (χ4n) is 3.22. The highest BCUT2D eigenvalue weighted by Gasteiger charge is 2.27. The van der Waals surface area contributed by atoms with Crippen molar-refractivity contribution in [2.45, 2.75) is 33.4 Å². The molecule has 1 aliphatic heterocycles. The summed E-state index contributed by atoms with van der Waals surface area (Å²) in [7, 11) is 3.72. The first-order chi connectivity index (χ1) is 11.5. The molecule has 1 fully saturated rings. The second-order valence-corrected chi connectivity index (χ2v) is 6.28. The molecule has 0 N–H and O–H groups in total. The van der Waals surface area contributed by atoms with Gasteiger partial charge in [-0.25, -0.2) is 9.97 Å². The summed E-state index contributed by atoms with van der Waals surface area (Å²) in [5, 5.41) is 4.75. The zero-order valence-corrected chi connectivity index (χ0v) is 15.0. The van der Waals surface area contributed by atoms with Crippen LogP contribution >= 0.6 is 0 Å². The van der Waals surface area contributed by atoms with E-state index in [2.05, 4.69) is 35.8 Å². The summed E-state index contributed by atoms with van der Waals surface area (Å²) in [5.41, 5.74) is 5.45. The van der Waals surface area contributed by atoms with Gasteiger partial charge in [0.1, 0.15) is 0 Å². The second-order valence-electron chi connectivity index (χ2n) is 6.28. The van der Waals surface area contributed by atoms with E-state index in [4.69, 9.17) is 14.6 Å². The highest BCUT2D eigenvalue weighted by Crippen LogP contribution is 2.28. The molecule has 1 aliphatic rings. The standard InChI is InChI=1S/C17H25N5O2/c1-11-14(8-18-17(19-11)23-5)9-22-13(3)16(12(2)20-22)15-10-24-7-6-21(15)4/h8,15H,6-7,9-10H2,1-5H3. The SMILES string of the molecule is COc1ncc(Cn2nc(C)c(C3COCCN3C)c2C)c(C)n1. The summed E-state index contributed by atoms with van der Waals surface area (Å²) in [6.45, 7) is 9.27.